The summed E-state index contributed by atoms with van der Waals surface area (Å²) in [5.74, 6) is 1.25. The molecular formula is C25H26ClN5O. The summed E-state index contributed by atoms with van der Waals surface area (Å²) in [6.45, 7) is 8.29. The van der Waals surface area contributed by atoms with Gasteiger partial charge in [-0.2, -0.15) is 0 Å². The van der Waals surface area contributed by atoms with Crippen LogP contribution < -0.4 is 10.1 Å². The number of anilines is 2. The van der Waals surface area contributed by atoms with Crippen LogP contribution in [0.3, 0.4) is 0 Å². The lowest BCUT2D eigenvalue weighted by Gasteiger charge is -2.27. The van der Waals surface area contributed by atoms with E-state index in [4.69, 9.17) is 21.3 Å². The molecule has 0 aliphatic heterocycles. The third kappa shape index (κ3) is 4.32. The molecular weight excluding hydrogens is 422 g/mol. The standard InChI is InChI=1S/C25H26ClN5O/c1-16-13-27-24(30-23(16)25(3,4)18-6-8-19(26)9-7-18)29-20-10-11-21(22(12-20)32-5)31-14-17(2)28-15-31/h6-15H,1-5H3,(H,27,29,30). The highest BCUT2D eigenvalue weighted by Crippen LogP contribution is 2.34. The highest BCUT2D eigenvalue weighted by atomic mass is 35.5. The summed E-state index contributed by atoms with van der Waals surface area (Å²) in [6.07, 6.45) is 5.58. The second-order valence-corrected chi connectivity index (χ2v) is 8.73. The van der Waals surface area contributed by atoms with Gasteiger partial charge in [0.15, 0.2) is 0 Å². The highest BCUT2D eigenvalue weighted by molar-refractivity contribution is 6.30. The molecule has 2 aromatic carbocycles. The molecule has 2 aromatic heterocycles. The molecule has 6 nitrogen and oxygen atoms in total. The predicted octanol–water partition coefficient (Wildman–Crippen LogP) is 6.01. The van der Waals surface area contributed by atoms with E-state index in [1.807, 2.05) is 73.3 Å². The van der Waals surface area contributed by atoms with Crippen molar-refractivity contribution in [2.24, 2.45) is 0 Å². The van der Waals surface area contributed by atoms with E-state index in [9.17, 15) is 0 Å². The normalized spacial score (nSPS) is 11.4. The van der Waals surface area contributed by atoms with Gasteiger partial charge in [-0.15, -0.1) is 0 Å². The molecule has 2 heterocycles. The van der Waals surface area contributed by atoms with E-state index in [0.29, 0.717) is 5.95 Å². The number of nitrogens with zero attached hydrogens (tertiary/aromatic N) is 4. The van der Waals surface area contributed by atoms with Crippen LogP contribution in [0.4, 0.5) is 11.6 Å². The maximum absolute atomic E-state index is 6.08. The van der Waals surface area contributed by atoms with Gasteiger partial charge in [-0.3, -0.25) is 0 Å². The van der Waals surface area contributed by atoms with E-state index in [0.717, 1.165) is 44.7 Å². The highest BCUT2D eigenvalue weighted by Gasteiger charge is 2.27. The molecule has 164 valence electrons. The molecule has 0 aliphatic carbocycles. The van der Waals surface area contributed by atoms with Gasteiger partial charge in [-0.1, -0.05) is 37.6 Å². The molecule has 0 saturated heterocycles. The first-order chi connectivity index (χ1) is 15.3. The summed E-state index contributed by atoms with van der Waals surface area (Å²) < 4.78 is 7.55. The molecule has 0 fully saturated rings. The van der Waals surface area contributed by atoms with Crippen molar-refractivity contribution in [1.29, 1.82) is 0 Å². The van der Waals surface area contributed by atoms with Crippen molar-refractivity contribution < 1.29 is 4.74 Å². The predicted molar refractivity (Wildman–Crippen MR) is 128 cm³/mol. The van der Waals surface area contributed by atoms with Crippen molar-refractivity contribution in [2.75, 3.05) is 12.4 Å². The van der Waals surface area contributed by atoms with Crippen LogP contribution in [0.25, 0.3) is 5.69 Å². The van der Waals surface area contributed by atoms with Crippen molar-refractivity contribution in [3.8, 4) is 11.4 Å². The average Bonchev–Trinajstić information content (AvgIpc) is 3.21. The summed E-state index contributed by atoms with van der Waals surface area (Å²) in [6, 6.07) is 13.8. The minimum Gasteiger partial charge on any atom is -0.494 e. The molecule has 0 spiro atoms. The maximum Gasteiger partial charge on any atom is 0.227 e. The SMILES string of the molecule is COc1cc(Nc2ncc(C)c(C(C)(C)c3ccc(Cl)cc3)n2)ccc1-n1cnc(C)c1. The number of halogens is 1. The van der Waals surface area contributed by atoms with Gasteiger partial charge in [0.05, 0.1) is 30.5 Å². The van der Waals surface area contributed by atoms with Crippen LogP contribution in [0.2, 0.25) is 5.02 Å². The number of ether oxygens (including phenoxy) is 1. The largest absolute Gasteiger partial charge is 0.494 e. The Morgan fingerprint density at radius 2 is 1.78 bits per heavy atom. The summed E-state index contributed by atoms with van der Waals surface area (Å²) >= 11 is 6.08. The van der Waals surface area contributed by atoms with Gasteiger partial charge >= 0.3 is 0 Å². The van der Waals surface area contributed by atoms with Gasteiger partial charge in [-0.25, -0.2) is 15.0 Å². The Morgan fingerprint density at radius 1 is 1.03 bits per heavy atom. The topological polar surface area (TPSA) is 64.9 Å². The van der Waals surface area contributed by atoms with E-state index >= 15 is 0 Å². The number of imidazole rings is 1. The van der Waals surface area contributed by atoms with Crippen molar-refractivity contribution in [3.05, 3.63) is 88.7 Å². The Labute approximate surface area is 193 Å². The molecule has 0 amide bonds. The van der Waals surface area contributed by atoms with Gasteiger partial charge in [0.1, 0.15) is 5.75 Å². The molecule has 0 radical (unpaired) electrons. The number of hydrogen-bond acceptors (Lipinski definition) is 5. The minimum atomic E-state index is -0.311. The zero-order chi connectivity index (χ0) is 22.9. The van der Waals surface area contributed by atoms with Crippen LogP contribution in [-0.2, 0) is 5.41 Å². The lowest BCUT2D eigenvalue weighted by molar-refractivity contribution is 0.413. The molecule has 0 bridgehead atoms. The first kappa shape index (κ1) is 21.8. The quantitative estimate of drug-likeness (QED) is 0.392. The number of nitrogens with one attached hydrogen (secondary N) is 1. The molecule has 4 aromatic rings. The lowest BCUT2D eigenvalue weighted by Crippen LogP contribution is -2.23. The fourth-order valence-electron chi connectivity index (χ4n) is 3.79. The number of aromatic nitrogens is 4. The third-order valence-corrected chi connectivity index (χ3v) is 5.81. The zero-order valence-corrected chi connectivity index (χ0v) is 19.6. The summed E-state index contributed by atoms with van der Waals surface area (Å²) in [5.41, 5.74) is 5.49. The molecule has 0 atom stereocenters. The van der Waals surface area contributed by atoms with Gasteiger partial charge in [0.25, 0.3) is 0 Å². The van der Waals surface area contributed by atoms with Crippen LogP contribution in [0, 0.1) is 13.8 Å². The molecule has 32 heavy (non-hydrogen) atoms. The van der Waals surface area contributed by atoms with Crippen LogP contribution in [-0.4, -0.2) is 26.6 Å². The van der Waals surface area contributed by atoms with Gasteiger partial charge in [0, 0.05) is 34.6 Å². The Bertz CT molecular complexity index is 1250. The summed E-state index contributed by atoms with van der Waals surface area (Å²) in [4.78, 5) is 13.7. The Balaban J connectivity index is 1.65. The van der Waals surface area contributed by atoms with E-state index in [1.54, 1.807) is 13.4 Å². The zero-order valence-electron chi connectivity index (χ0n) is 18.8. The van der Waals surface area contributed by atoms with Crippen molar-refractivity contribution >= 4 is 23.2 Å². The first-order valence-corrected chi connectivity index (χ1v) is 10.7. The van der Waals surface area contributed by atoms with E-state index in [-0.39, 0.29) is 5.41 Å². The molecule has 0 unspecified atom stereocenters. The lowest BCUT2D eigenvalue weighted by atomic mass is 9.80. The van der Waals surface area contributed by atoms with Crippen molar-refractivity contribution in [1.82, 2.24) is 19.5 Å². The number of hydrogen-bond donors (Lipinski definition) is 1. The average molecular weight is 448 g/mol. The third-order valence-electron chi connectivity index (χ3n) is 5.56. The number of rotatable bonds is 6. The van der Waals surface area contributed by atoms with Crippen molar-refractivity contribution in [2.45, 2.75) is 33.1 Å². The van der Waals surface area contributed by atoms with Crippen LogP contribution in [0.5, 0.6) is 5.75 Å². The second-order valence-electron chi connectivity index (χ2n) is 8.29. The maximum atomic E-state index is 6.08. The molecule has 7 heteroatoms. The molecule has 1 N–H and O–H groups in total. The Hall–Kier alpha value is -3.38. The van der Waals surface area contributed by atoms with Gasteiger partial charge in [0.2, 0.25) is 5.95 Å². The summed E-state index contributed by atoms with van der Waals surface area (Å²) in [5, 5.41) is 4.03. The minimum absolute atomic E-state index is 0.311. The fraction of sp³-hybridized carbons (Fsp3) is 0.240. The fourth-order valence-corrected chi connectivity index (χ4v) is 3.91. The Morgan fingerprint density at radius 3 is 2.44 bits per heavy atom. The van der Waals surface area contributed by atoms with Crippen molar-refractivity contribution in [3.63, 3.8) is 0 Å². The van der Waals surface area contributed by atoms with Crippen LogP contribution >= 0.6 is 11.6 Å². The molecule has 0 saturated carbocycles. The number of aryl methyl sites for hydroxylation is 2. The van der Waals surface area contributed by atoms with Gasteiger partial charge < -0.3 is 14.6 Å². The molecule has 0 aliphatic rings. The second kappa shape index (κ2) is 8.63. The smallest absolute Gasteiger partial charge is 0.227 e. The first-order valence-electron chi connectivity index (χ1n) is 10.3. The Kier molecular flexibility index (Phi) is 5.89. The van der Waals surface area contributed by atoms with E-state index in [1.165, 1.54) is 0 Å². The van der Waals surface area contributed by atoms with Gasteiger partial charge in [-0.05, 0) is 49.2 Å². The van der Waals surface area contributed by atoms with Crippen LogP contribution in [0.1, 0.15) is 36.4 Å². The van der Waals surface area contributed by atoms with E-state index in [2.05, 4.69) is 29.1 Å². The van der Waals surface area contributed by atoms with E-state index < -0.39 is 0 Å². The van der Waals surface area contributed by atoms with Crippen LogP contribution in [0.15, 0.2) is 61.2 Å². The summed E-state index contributed by atoms with van der Waals surface area (Å²) in [7, 11) is 1.65. The number of methoxy groups -OCH3 is 1. The monoisotopic (exact) mass is 447 g/mol. The molecule has 4 rings (SSSR count). The number of benzene rings is 2.